The van der Waals surface area contributed by atoms with Crippen molar-refractivity contribution in [2.45, 2.75) is 25.4 Å². The van der Waals surface area contributed by atoms with E-state index in [9.17, 15) is 4.39 Å². The number of benzene rings is 2. The van der Waals surface area contributed by atoms with Crippen molar-refractivity contribution < 1.29 is 4.39 Å². The summed E-state index contributed by atoms with van der Waals surface area (Å²) in [7, 11) is 0. The van der Waals surface area contributed by atoms with E-state index >= 15 is 0 Å². The lowest BCUT2D eigenvalue weighted by atomic mass is 10.1. The quantitative estimate of drug-likeness (QED) is 0.816. The molecule has 0 radical (unpaired) electrons. The summed E-state index contributed by atoms with van der Waals surface area (Å²) in [5, 5.41) is 4.29. The second-order valence-corrected chi connectivity index (χ2v) is 6.34. The molecule has 1 N–H and O–H groups in total. The van der Waals surface area contributed by atoms with Gasteiger partial charge in [0.15, 0.2) is 0 Å². The van der Waals surface area contributed by atoms with Crippen molar-refractivity contribution in [2.24, 2.45) is 0 Å². The Hall–Kier alpha value is -0.900. The summed E-state index contributed by atoms with van der Waals surface area (Å²) in [6.45, 7) is 0.644. The first-order valence-corrected chi connectivity index (χ1v) is 7.76. The van der Waals surface area contributed by atoms with Crippen LogP contribution in [-0.4, -0.2) is 0 Å². The molecule has 2 aromatic rings. The smallest absolute Gasteiger partial charge is 0.123 e. The van der Waals surface area contributed by atoms with E-state index in [1.807, 2.05) is 12.1 Å². The lowest BCUT2D eigenvalue weighted by molar-refractivity contribution is 0.527. The van der Waals surface area contributed by atoms with E-state index in [1.54, 1.807) is 12.1 Å². The minimum absolute atomic E-state index is 0.205. The molecular weight excluding hydrogens is 341 g/mol. The minimum Gasteiger partial charge on any atom is -0.306 e. The van der Waals surface area contributed by atoms with Gasteiger partial charge in [-0.25, -0.2) is 4.39 Å². The van der Waals surface area contributed by atoms with E-state index in [2.05, 4.69) is 27.3 Å². The summed E-state index contributed by atoms with van der Waals surface area (Å²) < 4.78 is 14.2. The van der Waals surface area contributed by atoms with Crippen LogP contribution in [0.4, 0.5) is 4.39 Å². The Labute approximate surface area is 131 Å². The van der Waals surface area contributed by atoms with Gasteiger partial charge in [-0.05, 0) is 59.9 Å². The maximum absolute atomic E-state index is 13.3. The maximum atomic E-state index is 13.3. The van der Waals surface area contributed by atoms with Crippen LogP contribution in [0, 0.1) is 5.82 Å². The number of halogens is 3. The molecule has 2 aromatic carbocycles. The van der Waals surface area contributed by atoms with Crippen molar-refractivity contribution in [1.29, 1.82) is 0 Å². The summed E-state index contributed by atoms with van der Waals surface area (Å²) >= 11 is 9.47. The molecule has 0 aliphatic heterocycles. The summed E-state index contributed by atoms with van der Waals surface area (Å²) in [5.41, 5.74) is 3.56. The van der Waals surface area contributed by atoms with Crippen molar-refractivity contribution in [3.05, 3.63) is 68.4 Å². The standard InChI is InChI=1S/C16H14BrClFN/c17-15-5-3-13(19)8-11(15)9-20-16-6-1-10-7-12(18)2-4-14(10)16/h2-5,7-8,16,20H,1,6,9H2. The van der Waals surface area contributed by atoms with Gasteiger partial charge in [-0.15, -0.1) is 0 Å². The van der Waals surface area contributed by atoms with E-state index in [4.69, 9.17) is 11.6 Å². The van der Waals surface area contributed by atoms with Crippen LogP contribution in [0.15, 0.2) is 40.9 Å². The van der Waals surface area contributed by atoms with Gasteiger partial charge in [0, 0.05) is 22.1 Å². The van der Waals surface area contributed by atoms with Crippen LogP contribution in [-0.2, 0) is 13.0 Å². The molecule has 0 fully saturated rings. The van der Waals surface area contributed by atoms with Gasteiger partial charge in [-0.3, -0.25) is 0 Å². The average molecular weight is 355 g/mol. The van der Waals surface area contributed by atoms with E-state index < -0.39 is 0 Å². The van der Waals surface area contributed by atoms with Crippen LogP contribution >= 0.6 is 27.5 Å². The lowest BCUT2D eigenvalue weighted by Crippen LogP contribution is -2.19. The molecule has 1 aliphatic carbocycles. The molecule has 1 unspecified atom stereocenters. The highest BCUT2D eigenvalue weighted by molar-refractivity contribution is 9.10. The van der Waals surface area contributed by atoms with Crippen molar-refractivity contribution in [3.8, 4) is 0 Å². The Bertz CT molecular complexity index is 644. The molecule has 0 heterocycles. The van der Waals surface area contributed by atoms with E-state index in [-0.39, 0.29) is 5.82 Å². The number of fused-ring (bicyclic) bond motifs is 1. The molecule has 0 saturated heterocycles. The minimum atomic E-state index is -0.205. The fraction of sp³-hybridized carbons (Fsp3) is 0.250. The average Bonchev–Trinajstić information content (AvgIpc) is 2.82. The summed E-state index contributed by atoms with van der Waals surface area (Å²) in [5.74, 6) is -0.205. The first kappa shape index (κ1) is 14.1. The Kier molecular flexibility index (Phi) is 4.11. The number of hydrogen-bond donors (Lipinski definition) is 1. The topological polar surface area (TPSA) is 12.0 Å². The first-order valence-electron chi connectivity index (χ1n) is 6.59. The predicted molar refractivity (Wildman–Crippen MR) is 83.5 cm³/mol. The van der Waals surface area contributed by atoms with Crippen LogP contribution in [0.2, 0.25) is 5.02 Å². The van der Waals surface area contributed by atoms with Gasteiger partial charge in [0.05, 0.1) is 0 Å². The number of aryl methyl sites for hydroxylation is 1. The monoisotopic (exact) mass is 353 g/mol. The van der Waals surface area contributed by atoms with Crippen LogP contribution < -0.4 is 5.32 Å². The summed E-state index contributed by atoms with van der Waals surface area (Å²) in [4.78, 5) is 0. The van der Waals surface area contributed by atoms with Crippen molar-refractivity contribution >= 4 is 27.5 Å². The molecule has 0 saturated carbocycles. The normalized spacial score (nSPS) is 17.2. The SMILES string of the molecule is Fc1ccc(Br)c(CNC2CCc3cc(Cl)ccc32)c1. The Morgan fingerprint density at radius 1 is 1.25 bits per heavy atom. The maximum Gasteiger partial charge on any atom is 0.123 e. The molecule has 1 aliphatic rings. The van der Waals surface area contributed by atoms with Crippen molar-refractivity contribution in [1.82, 2.24) is 5.32 Å². The Morgan fingerprint density at radius 2 is 2.10 bits per heavy atom. The number of hydrogen-bond acceptors (Lipinski definition) is 1. The molecule has 1 nitrogen and oxygen atoms in total. The van der Waals surface area contributed by atoms with Crippen LogP contribution in [0.25, 0.3) is 0 Å². The second-order valence-electron chi connectivity index (χ2n) is 5.05. The Morgan fingerprint density at radius 3 is 2.95 bits per heavy atom. The number of rotatable bonds is 3. The zero-order valence-corrected chi connectivity index (χ0v) is 13.1. The van der Waals surface area contributed by atoms with Crippen molar-refractivity contribution in [3.63, 3.8) is 0 Å². The molecule has 1 atom stereocenters. The van der Waals surface area contributed by atoms with Gasteiger partial charge < -0.3 is 5.32 Å². The van der Waals surface area contributed by atoms with E-state index in [0.717, 1.165) is 27.9 Å². The number of nitrogens with one attached hydrogen (secondary N) is 1. The summed E-state index contributed by atoms with van der Waals surface area (Å²) in [6.07, 6.45) is 2.10. The fourth-order valence-electron chi connectivity index (χ4n) is 2.71. The largest absolute Gasteiger partial charge is 0.306 e. The zero-order valence-electron chi connectivity index (χ0n) is 10.8. The van der Waals surface area contributed by atoms with Crippen LogP contribution in [0.5, 0.6) is 0 Å². The van der Waals surface area contributed by atoms with Gasteiger partial charge in [0.2, 0.25) is 0 Å². The second kappa shape index (κ2) is 5.84. The van der Waals surface area contributed by atoms with E-state index in [1.165, 1.54) is 17.2 Å². The predicted octanol–water partition coefficient (Wildman–Crippen LogP) is 5.02. The van der Waals surface area contributed by atoms with Gasteiger partial charge in [0.25, 0.3) is 0 Å². The molecule has 20 heavy (non-hydrogen) atoms. The van der Waals surface area contributed by atoms with Gasteiger partial charge >= 0.3 is 0 Å². The summed E-state index contributed by atoms with van der Waals surface area (Å²) in [6, 6.07) is 11.1. The van der Waals surface area contributed by atoms with Crippen molar-refractivity contribution in [2.75, 3.05) is 0 Å². The van der Waals surface area contributed by atoms with Gasteiger partial charge in [0.1, 0.15) is 5.82 Å². The van der Waals surface area contributed by atoms with Gasteiger partial charge in [-0.1, -0.05) is 33.6 Å². The molecule has 3 rings (SSSR count). The van der Waals surface area contributed by atoms with E-state index in [0.29, 0.717) is 12.6 Å². The molecule has 0 bridgehead atoms. The third-order valence-corrected chi connectivity index (χ3v) is 4.74. The highest BCUT2D eigenvalue weighted by Gasteiger charge is 2.22. The van der Waals surface area contributed by atoms with Gasteiger partial charge in [-0.2, -0.15) is 0 Å². The first-order chi connectivity index (χ1) is 9.63. The zero-order chi connectivity index (χ0) is 14.1. The molecular formula is C16H14BrClFN. The fourth-order valence-corrected chi connectivity index (χ4v) is 3.29. The third kappa shape index (κ3) is 2.90. The molecule has 0 amide bonds. The lowest BCUT2D eigenvalue weighted by Gasteiger charge is -2.15. The molecule has 104 valence electrons. The van der Waals surface area contributed by atoms with Crippen LogP contribution in [0.1, 0.15) is 29.2 Å². The molecule has 4 heteroatoms. The molecule has 0 spiro atoms. The highest BCUT2D eigenvalue weighted by atomic mass is 79.9. The highest BCUT2D eigenvalue weighted by Crippen LogP contribution is 2.33. The molecule has 0 aromatic heterocycles. The Balaban J connectivity index is 1.73. The van der Waals surface area contributed by atoms with Crippen LogP contribution in [0.3, 0.4) is 0 Å². The third-order valence-electron chi connectivity index (χ3n) is 3.73.